The van der Waals surface area contributed by atoms with E-state index in [9.17, 15) is 4.79 Å². The van der Waals surface area contributed by atoms with Crippen LogP contribution < -0.4 is 0 Å². The summed E-state index contributed by atoms with van der Waals surface area (Å²) in [5.41, 5.74) is 5.25. The van der Waals surface area contributed by atoms with Crippen LogP contribution in [0.3, 0.4) is 0 Å². The van der Waals surface area contributed by atoms with Crippen molar-refractivity contribution >= 4 is 5.97 Å². The molecule has 0 spiro atoms. The van der Waals surface area contributed by atoms with Crippen molar-refractivity contribution in [2.24, 2.45) is 0 Å². The highest BCUT2D eigenvalue weighted by atomic mass is 16.5. The lowest BCUT2D eigenvalue weighted by Gasteiger charge is -2.38. The molecular weight excluding hydrogens is 464 g/mol. The third-order valence-electron chi connectivity index (χ3n) is 7.52. The number of benzene rings is 3. The first kappa shape index (κ1) is 23.6. The minimum absolute atomic E-state index is 0.0782. The molecule has 1 fully saturated rings. The van der Waals surface area contributed by atoms with Gasteiger partial charge in [-0.25, -0.2) is 9.78 Å². The fraction of sp³-hybridized carbons (Fsp3) is 0.290. The molecule has 4 aromatic rings. The number of hydrogen-bond acceptors (Lipinski definition) is 5. The lowest BCUT2D eigenvalue weighted by atomic mass is 9.84. The zero-order chi connectivity index (χ0) is 25.2. The Labute approximate surface area is 216 Å². The molecule has 1 aliphatic heterocycles. The molecule has 188 valence electrons. The number of nitrogens with zero attached hydrogens (tertiary/aromatic N) is 2. The fourth-order valence-corrected chi connectivity index (χ4v) is 5.90. The summed E-state index contributed by atoms with van der Waals surface area (Å²) in [7, 11) is 0. The van der Waals surface area contributed by atoms with Crippen LogP contribution >= 0.6 is 0 Å². The second-order valence-electron chi connectivity index (χ2n) is 9.77. The molecule has 1 saturated heterocycles. The normalized spacial score (nSPS) is 21.6. The molecule has 0 bridgehead atoms. The van der Waals surface area contributed by atoms with Gasteiger partial charge in [0.2, 0.25) is 5.89 Å². The van der Waals surface area contributed by atoms with Crippen LogP contribution in [-0.4, -0.2) is 34.1 Å². The number of oxazole rings is 1. The average Bonchev–Trinajstić information content (AvgIpc) is 3.60. The van der Waals surface area contributed by atoms with Crippen LogP contribution in [0.1, 0.15) is 60.9 Å². The standard InChI is InChI=1S/C31H30N2O4/c34-28(35)20-36-27-18-17-25(23-14-7-8-15-24(23)27)33-19-9-16-26(33)31-32-29(21-10-3-1-4-11-21)30(37-31)22-12-5-2-6-13-22/h1-8,10-15,25-27H,9,16-20H2,(H,34,35)/t25-,26-,27?/m1/s1. The van der Waals surface area contributed by atoms with Gasteiger partial charge in [-0.1, -0.05) is 84.9 Å². The third kappa shape index (κ3) is 4.70. The summed E-state index contributed by atoms with van der Waals surface area (Å²) in [6, 6.07) is 29.0. The molecule has 2 aliphatic rings. The molecule has 0 amide bonds. The third-order valence-corrected chi connectivity index (χ3v) is 7.52. The van der Waals surface area contributed by atoms with Gasteiger partial charge in [-0.2, -0.15) is 0 Å². The van der Waals surface area contributed by atoms with E-state index in [0.717, 1.165) is 66.3 Å². The maximum absolute atomic E-state index is 11.1. The van der Waals surface area contributed by atoms with E-state index in [1.165, 1.54) is 5.56 Å². The quantitative estimate of drug-likeness (QED) is 0.304. The van der Waals surface area contributed by atoms with Crippen LogP contribution in [0.2, 0.25) is 0 Å². The number of ether oxygens (including phenoxy) is 1. The molecular formula is C31H30N2O4. The summed E-state index contributed by atoms with van der Waals surface area (Å²) in [5, 5.41) is 9.12. The van der Waals surface area contributed by atoms with Gasteiger partial charge < -0.3 is 14.3 Å². The van der Waals surface area contributed by atoms with Crippen molar-refractivity contribution in [2.45, 2.75) is 43.9 Å². The number of aliphatic carboxylic acids is 1. The number of carboxylic acid groups (broad SMARTS) is 1. The summed E-state index contributed by atoms with van der Waals surface area (Å²) in [5.74, 6) is 0.628. The van der Waals surface area contributed by atoms with Crippen molar-refractivity contribution in [3.8, 4) is 22.6 Å². The molecule has 0 radical (unpaired) electrons. The van der Waals surface area contributed by atoms with Crippen molar-refractivity contribution in [1.29, 1.82) is 0 Å². The molecule has 1 N–H and O–H groups in total. The maximum Gasteiger partial charge on any atom is 0.329 e. The van der Waals surface area contributed by atoms with Gasteiger partial charge >= 0.3 is 5.97 Å². The topological polar surface area (TPSA) is 75.8 Å². The predicted octanol–water partition coefficient (Wildman–Crippen LogP) is 6.82. The monoisotopic (exact) mass is 494 g/mol. The fourth-order valence-electron chi connectivity index (χ4n) is 5.90. The van der Waals surface area contributed by atoms with E-state index < -0.39 is 5.97 Å². The summed E-state index contributed by atoms with van der Waals surface area (Å²) in [4.78, 5) is 18.7. The Morgan fingerprint density at radius 3 is 2.27 bits per heavy atom. The number of hydrogen-bond donors (Lipinski definition) is 1. The maximum atomic E-state index is 11.1. The molecule has 6 heteroatoms. The molecule has 1 aliphatic carbocycles. The van der Waals surface area contributed by atoms with Crippen molar-refractivity contribution in [1.82, 2.24) is 9.88 Å². The Morgan fingerprint density at radius 2 is 1.54 bits per heavy atom. The largest absolute Gasteiger partial charge is 0.480 e. The van der Waals surface area contributed by atoms with Crippen molar-refractivity contribution < 1.29 is 19.1 Å². The highest BCUT2D eigenvalue weighted by Crippen LogP contribution is 2.47. The van der Waals surface area contributed by atoms with Crippen LogP contribution in [0.4, 0.5) is 0 Å². The molecule has 6 nitrogen and oxygen atoms in total. The summed E-state index contributed by atoms with van der Waals surface area (Å²) in [6.45, 7) is 0.685. The van der Waals surface area contributed by atoms with Gasteiger partial charge in [0.15, 0.2) is 5.76 Å². The number of carbonyl (C=O) groups is 1. The van der Waals surface area contributed by atoms with Gasteiger partial charge in [0.05, 0.1) is 12.1 Å². The lowest BCUT2D eigenvalue weighted by molar-refractivity contribution is -0.145. The summed E-state index contributed by atoms with van der Waals surface area (Å²) >= 11 is 0. The van der Waals surface area contributed by atoms with E-state index in [0.29, 0.717) is 0 Å². The van der Waals surface area contributed by atoms with Gasteiger partial charge in [-0.15, -0.1) is 0 Å². The number of likely N-dealkylation sites (tertiary alicyclic amines) is 1. The first-order valence-electron chi connectivity index (χ1n) is 13.0. The molecule has 1 aromatic heterocycles. The molecule has 1 unspecified atom stereocenters. The smallest absolute Gasteiger partial charge is 0.329 e. The Balaban J connectivity index is 1.35. The lowest BCUT2D eigenvalue weighted by Crippen LogP contribution is -2.32. The Hall–Kier alpha value is -3.74. The van der Waals surface area contributed by atoms with Gasteiger partial charge in [-0.3, -0.25) is 4.90 Å². The highest BCUT2D eigenvalue weighted by Gasteiger charge is 2.39. The van der Waals surface area contributed by atoms with E-state index in [4.69, 9.17) is 19.2 Å². The van der Waals surface area contributed by atoms with Gasteiger partial charge in [0, 0.05) is 17.2 Å². The zero-order valence-electron chi connectivity index (χ0n) is 20.6. The van der Waals surface area contributed by atoms with Crippen LogP contribution in [0.25, 0.3) is 22.6 Å². The minimum atomic E-state index is -0.938. The van der Waals surface area contributed by atoms with E-state index in [1.807, 2.05) is 42.5 Å². The van der Waals surface area contributed by atoms with Gasteiger partial charge in [0.25, 0.3) is 0 Å². The molecule has 0 saturated carbocycles. The Kier molecular flexibility index (Phi) is 6.60. The molecule has 2 heterocycles. The first-order valence-corrected chi connectivity index (χ1v) is 13.0. The molecule has 3 atom stereocenters. The minimum Gasteiger partial charge on any atom is -0.480 e. The van der Waals surface area contributed by atoms with Crippen LogP contribution in [0, 0.1) is 0 Å². The van der Waals surface area contributed by atoms with Crippen LogP contribution in [-0.2, 0) is 9.53 Å². The van der Waals surface area contributed by atoms with Crippen LogP contribution in [0.5, 0.6) is 0 Å². The SMILES string of the molecule is O=C(O)COC1CC[C@@H](N2CCC[C@@H]2c2nc(-c3ccccc3)c(-c3ccccc3)o2)c2ccccc21. The summed E-state index contributed by atoms with van der Waals surface area (Å²) in [6.07, 6.45) is 3.55. The van der Waals surface area contributed by atoms with Gasteiger partial charge in [0.1, 0.15) is 12.3 Å². The van der Waals surface area contributed by atoms with E-state index in [1.54, 1.807) is 0 Å². The Morgan fingerprint density at radius 1 is 0.865 bits per heavy atom. The summed E-state index contributed by atoms with van der Waals surface area (Å²) < 4.78 is 12.4. The van der Waals surface area contributed by atoms with E-state index in [2.05, 4.69) is 47.4 Å². The zero-order valence-corrected chi connectivity index (χ0v) is 20.6. The average molecular weight is 495 g/mol. The number of aromatic nitrogens is 1. The highest BCUT2D eigenvalue weighted by molar-refractivity contribution is 5.76. The Bertz CT molecular complexity index is 1310. The van der Waals surface area contributed by atoms with Crippen molar-refractivity contribution in [2.75, 3.05) is 13.2 Å². The number of rotatable bonds is 7. The van der Waals surface area contributed by atoms with E-state index in [-0.39, 0.29) is 24.8 Å². The molecule has 37 heavy (non-hydrogen) atoms. The predicted molar refractivity (Wildman–Crippen MR) is 141 cm³/mol. The second kappa shape index (κ2) is 10.3. The molecule has 3 aromatic carbocycles. The van der Waals surface area contributed by atoms with E-state index >= 15 is 0 Å². The van der Waals surface area contributed by atoms with Crippen molar-refractivity contribution in [3.63, 3.8) is 0 Å². The number of carboxylic acids is 1. The van der Waals surface area contributed by atoms with Crippen LogP contribution in [0.15, 0.2) is 89.3 Å². The van der Waals surface area contributed by atoms with Crippen molar-refractivity contribution in [3.05, 3.63) is 102 Å². The number of fused-ring (bicyclic) bond motifs is 1. The molecule has 6 rings (SSSR count). The second-order valence-corrected chi connectivity index (χ2v) is 9.77. The first-order chi connectivity index (χ1) is 18.2. The van der Waals surface area contributed by atoms with Gasteiger partial charge in [-0.05, 0) is 43.4 Å².